The Morgan fingerprint density at radius 3 is 2.48 bits per heavy atom. The predicted octanol–water partition coefficient (Wildman–Crippen LogP) is 3.54. The summed E-state index contributed by atoms with van der Waals surface area (Å²) in [5.74, 6) is 1.12. The highest BCUT2D eigenvalue weighted by Crippen LogP contribution is 2.36. The molecular weight excluding hydrogens is 342 g/mol. The minimum absolute atomic E-state index is 0.00729. The smallest absolute Gasteiger partial charge is 0.252 e. The number of Topliss-reactive ketones (excluding diaryl/α,β-unsaturated/α-hetero) is 2. The number of nitrogens with zero attached hydrogens (tertiary/aromatic N) is 1. The molecule has 1 amide bonds. The van der Waals surface area contributed by atoms with Crippen LogP contribution in [0.25, 0.3) is 0 Å². The standard InChI is InChI=1S/C22H35NO4/c1-15(18(24)14-16-8-9-16)10-11-22(2,3)20(25)17-6-4-12-23(17)21(26)19-7-5-13-27-19/h15-17,19H,4-14H2,1-3H3/t15?,17-,19+/m0/s1. The summed E-state index contributed by atoms with van der Waals surface area (Å²) in [5.41, 5.74) is -0.516. The third-order valence-electron chi connectivity index (χ3n) is 6.65. The highest BCUT2D eigenvalue weighted by Gasteiger charge is 2.43. The van der Waals surface area contributed by atoms with Crippen molar-refractivity contribution in [2.45, 2.75) is 90.7 Å². The van der Waals surface area contributed by atoms with Crippen molar-refractivity contribution >= 4 is 17.5 Å². The Balaban J connectivity index is 1.55. The van der Waals surface area contributed by atoms with Crippen LogP contribution in [-0.4, -0.2) is 47.7 Å². The van der Waals surface area contributed by atoms with Gasteiger partial charge in [0.25, 0.3) is 5.91 Å². The normalized spacial score (nSPS) is 27.0. The number of ether oxygens (including phenoxy) is 1. The highest BCUT2D eigenvalue weighted by atomic mass is 16.5. The maximum atomic E-state index is 13.2. The van der Waals surface area contributed by atoms with Crippen LogP contribution in [0.15, 0.2) is 0 Å². The van der Waals surface area contributed by atoms with E-state index in [0.29, 0.717) is 37.7 Å². The number of rotatable bonds is 9. The zero-order chi connectivity index (χ0) is 19.6. The van der Waals surface area contributed by atoms with Crippen molar-refractivity contribution in [3.8, 4) is 0 Å². The molecule has 0 aromatic heterocycles. The molecule has 0 aromatic carbocycles. The van der Waals surface area contributed by atoms with Crippen molar-refractivity contribution in [1.82, 2.24) is 4.90 Å². The predicted molar refractivity (Wildman–Crippen MR) is 103 cm³/mol. The molecule has 1 aliphatic carbocycles. The van der Waals surface area contributed by atoms with E-state index in [4.69, 9.17) is 4.74 Å². The molecule has 2 aliphatic heterocycles. The number of ketones is 2. The molecule has 0 aromatic rings. The van der Waals surface area contributed by atoms with E-state index < -0.39 is 5.41 Å². The van der Waals surface area contributed by atoms with Crippen LogP contribution in [0, 0.1) is 17.3 Å². The van der Waals surface area contributed by atoms with Crippen LogP contribution in [0.2, 0.25) is 0 Å². The van der Waals surface area contributed by atoms with Crippen molar-refractivity contribution in [1.29, 1.82) is 0 Å². The van der Waals surface area contributed by atoms with Crippen molar-refractivity contribution in [2.75, 3.05) is 13.2 Å². The molecule has 5 heteroatoms. The molecule has 2 saturated heterocycles. The van der Waals surface area contributed by atoms with Gasteiger partial charge in [0.15, 0.2) is 5.78 Å². The number of hydrogen-bond donors (Lipinski definition) is 0. The van der Waals surface area contributed by atoms with Crippen LogP contribution in [0.4, 0.5) is 0 Å². The van der Waals surface area contributed by atoms with Gasteiger partial charge in [-0.3, -0.25) is 14.4 Å². The van der Waals surface area contributed by atoms with Crippen LogP contribution >= 0.6 is 0 Å². The summed E-state index contributed by atoms with van der Waals surface area (Å²) in [6, 6.07) is -0.325. The highest BCUT2D eigenvalue weighted by molar-refractivity contribution is 5.94. The van der Waals surface area contributed by atoms with E-state index in [1.54, 1.807) is 4.90 Å². The maximum absolute atomic E-state index is 13.2. The van der Waals surface area contributed by atoms with Gasteiger partial charge in [0.05, 0.1) is 6.04 Å². The van der Waals surface area contributed by atoms with Crippen molar-refractivity contribution in [2.24, 2.45) is 17.3 Å². The molecule has 3 aliphatic rings. The van der Waals surface area contributed by atoms with Gasteiger partial charge in [-0.2, -0.15) is 0 Å². The van der Waals surface area contributed by atoms with Crippen molar-refractivity contribution in [3.63, 3.8) is 0 Å². The Labute approximate surface area is 163 Å². The van der Waals surface area contributed by atoms with Gasteiger partial charge in [-0.1, -0.05) is 20.8 Å². The van der Waals surface area contributed by atoms with Gasteiger partial charge in [-0.25, -0.2) is 0 Å². The molecule has 5 nitrogen and oxygen atoms in total. The average molecular weight is 378 g/mol. The van der Waals surface area contributed by atoms with Gasteiger partial charge in [0, 0.05) is 30.9 Å². The summed E-state index contributed by atoms with van der Waals surface area (Å²) in [5, 5.41) is 0. The van der Waals surface area contributed by atoms with Crippen molar-refractivity contribution < 1.29 is 19.1 Å². The third kappa shape index (κ3) is 4.98. The van der Waals surface area contributed by atoms with Crippen molar-refractivity contribution in [3.05, 3.63) is 0 Å². The molecule has 3 rings (SSSR count). The Hall–Kier alpha value is -1.23. The van der Waals surface area contributed by atoms with Gasteiger partial charge in [0.2, 0.25) is 0 Å². The summed E-state index contributed by atoms with van der Waals surface area (Å²) >= 11 is 0. The number of carbonyl (C=O) groups is 3. The number of amides is 1. The van der Waals surface area contributed by atoms with Gasteiger partial charge in [-0.05, 0) is 57.3 Å². The lowest BCUT2D eigenvalue weighted by atomic mass is 9.77. The average Bonchev–Trinajstić information content (AvgIpc) is 3.13. The molecule has 1 unspecified atom stereocenters. The molecule has 0 N–H and O–H groups in total. The Morgan fingerprint density at radius 1 is 1.11 bits per heavy atom. The number of carbonyl (C=O) groups excluding carboxylic acids is 3. The Morgan fingerprint density at radius 2 is 1.85 bits per heavy atom. The summed E-state index contributed by atoms with van der Waals surface area (Å²) in [6.45, 7) is 7.23. The molecule has 3 atom stereocenters. The second kappa shape index (κ2) is 8.42. The first-order valence-electron chi connectivity index (χ1n) is 10.8. The molecular formula is C22H35NO4. The van der Waals surface area contributed by atoms with E-state index in [-0.39, 0.29) is 29.8 Å². The number of likely N-dealkylation sites (tertiary alicyclic amines) is 1. The number of hydrogen-bond acceptors (Lipinski definition) is 4. The zero-order valence-electron chi connectivity index (χ0n) is 17.2. The quantitative estimate of drug-likeness (QED) is 0.616. The molecule has 2 heterocycles. The van der Waals surface area contributed by atoms with Crippen LogP contribution in [-0.2, 0) is 19.1 Å². The van der Waals surface area contributed by atoms with Crippen LogP contribution in [0.1, 0.15) is 78.6 Å². The van der Waals surface area contributed by atoms with E-state index in [0.717, 1.165) is 32.1 Å². The van der Waals surface area contributed by atoms with Crippen LogP contribution in [0.5, 0.6) is 0 Å². The fourth-order valence-corrected chi connectivity index (χ4v) is 4.38. The monoisotopic (exact) mass is 377 g/mol. The van der Waals surface area contributed by atoms with Gasteiger partial charge < -0.3 is 9.64 Å². The maximum Gasteiger partial charge on any atom is 0.252 e. The van der Waals surface area contributed by atoms with Gasteiger partial charge in [0.1, 0.15) is 11.9 Å². The lowest BCUT2D eigenvalue weighted by molar-refractivity contribution is -0.147. The summed E-state index contributed by atoms with van der Waals surface area (Å²) in [7, 11) is 0. The second-order valence-corrected chi connectivity index (χ2v) is 9.49. The van der Waals surface area contributed by atoms with Gasteiger partial charge in [-0.15, -0.1) is 0 Å². The van der Waals surface area contributed by atoms with E-state index in [2.05, 4.69) is 0 Å². The largest absolute Gasteiger partial charge is 0.368 e. The van der Waals surface area contributed by atoms with Crippen LogP contribution < -0.4 is 0 Å². The zero-order valence-corrected chi connectivity index (χ0v) is 17.2. The molecule has 1 saturated carbocycles. The SMILES string of the molecule is CC(CCC(C)(C)C(=O)[C@@H]1CCCN1C(=O)[C@H]1CCCO1)C(=O)CC1CC1. The molecule has 3 fully saturated rings. The molecule has 152 valence electrons. The lowest BCUT2D eigenvalue weighted by Gasteiger charge is -2.33. The first kappa shape index (κ1) is 20.5. The van der Waals surface area contributed by atoms with E-state index in [1.165, 1.54) is 12.8 Å². The van der Waals surface area contributed by atoms with E-state index >= 15 is 0 Å². The fourth-order valence-electron chi connectivity index (χ4n) is 4.38. The van der Waals surface area contributed by atoms with Gasteiger partial charge >= 0.3 is 0 Å². The molecule has 0 radical (unpaired) electrons. The minimum Gasteiger partial charge on any atom is -0.368 e. The third-order valence-corrected chi connectivity index (χ3v) is 6.65. The Bertz CT molecular complexity index is 575. The molecule has 0 spiro atoms. The Kier molecular flexibility index (Phi) is 6.39. The van der Waals surface area contributed by atoms with E-state index in [1.807, 2.05) is 20.8 Å². The summed E-state index contributed by atoms with van der Waals surface area (Å²) < 4.78 is 5.54. The second-order valence-electron chi connectivity index (χ2n) is 9.49. The lowest BCUT2D eigenvalue weighted by Crippen LogP contribution is -2.49. The summed E-state index contributed by atoms with van der Waals surface area (Å²) in [4.78, 5) is 40.0. The van der Waals surface area contributed by atoms with E-state index in [9.17, 15) is 14.4 Å². The van der Waals surface area contributed by atoms with Crippen LogP contribution in [0.3, 0.4) is 0 Å². The first-order chi connectivity index (χ1) is 12.8. The topological polar surface area (TPSA) is 63.7 Å². The molecule has 0 bridgehead atoms. The fraction of sp³-hybridized carbons (Fsp3) is 0.864. The first-order valence-corrected chi connectivity index (χ1v) is 10.8. The minimum atomic E-state index is -0.516. The summed E-state index contributed by atoms with van der Waals surface area (Å²) in [6.07, 6.45) is 7.48. The molecule has 27 heavy (non-hydrogen) atoms.